The molecule has 3 aromatic rings. The standard InChI is InChI=1S/C18H16N2O3S/c1-20(18-19-13-4-2-3-5-16(13)24-18)17(21)11-12-6-7-14-15(10-12)23-9-8-22-14/h2-7,10H,8-9,11H2,1H3. The van der Waals surface area contributed by atoms with Crippen molar-refractivity contribution >= 4 is 32.6 Å². The molecular formula is C18H16N2O3S. The van der Waals surface area contributed by atoms with Crippen LogP contribution in [0.1, 0.15) is 5.56 Å². The highest BCUT2D eigenvalue weighted by molar-refractivity contribution is 7.22. The Hall–Kier alpha value is -2.60. The van der Waals surface area contributed by atoms with Crippen molar-refractivity contribution in [3.8, 4) is 11.5 Å². The van der Waals surface area contributed by atoms with Gasteiger partial charge in [0, 0.05) is 7.05 Å². The van der Waals surface area contributed by atoms with Crippen LogP contribution < -0.4 is 14.4 Å². The predicted octanol–water partition coefficient (Wildman–Crippen LogP) is 3.27. The molecule has 0 unspecified atom stereocenters. The summed E-state index contributed by atoms with van der Waals surface area (Å²) in [5.74, 6) is 1.43. The third-order valence-corrected chi connectivity index (χ3v) is 5.02. The van der Waals surface area contributed by atoms with Crippen LogP contribution in [-0.2, 0) is 11.2 Å². The van der Waals surface area contributed by atoms with Gasteiger partial charge in [0.1, 0.15) is 13.2 Å². The zero-order chi connectivity index (χ0) is 16.5. The topological polar surface area (TPSA) is 51.7 Å². The number of carbonyl (C=O) groups excluding carboxylic acids is 1. The number of thiazole rings is 1. The Balaban J connectivity index is 1.53. The molecule has 122 valence electrons. The Morgan fingerprint density at radius 3 is 2.79 bits per heavy atom. The number of anilines is 1. The van der Waals surface area contributed by atoms with Crippen molar-refractivity contribution in [3.63, 3.8) is 0 Å². The second-order valence-corrected chi connectivity index (χ2v) is 6.58. The normalized spacial score (nSPS) is 13.0. The number of benzene rings is 2. The van der Waals surface area contributed by atoms with E-state index in [0.717, 1.165) is 21.5 Å². The van der Waals surface area contributed by atoms with E-state index in [1.165, 1.54) is 11.3 Å². The molecule has 0 saturated carbocycles. The SMILES string of the molecule is CN(C(=O)Cc1ccc2c(c1)OCCO2)c1nc2ccccc2s1. The fourth-order valence-corrected chi connectivity index (χ4v) is 3.55. The third kappa shape index (κ3) is 2.80. The van der Waals surface area contributed by atoms with Crippen molar-refractivity contribution in [2.75, 3.05) is 25.2 Å². The first-order chi connectivity index (χ1) is 11.7. The van der Waals surface area contributed by atoms with Crippen LogP contribution in [0.2, 0.25) is 0 Å². The van der Waals surface area contributed by atoms with E-state index in [0.29, 0.717) is 30.5 Å². The molecule has 1 aliphatic rings. The Morgan fingerprint density at radius 2 is 1.96 bits per heavy atom. The number of carbonyl (C=O) groups is 1. The first kappa shape index (κ1) is 15.0. The van der Waals surface area contributed by atoms with E-state index in [-0.39, 0.29) is 5.91 Å². The fraction of sp³-hybridized carbons (Fsp3) is 0.222. The van der Waals surface area contributed by atoms with Crippen LogP contribution in [0.3, 0.4) is 0 Å². The molecule has 1 amide bonds. The van der Waals surface area contributed by atoms with Gasteiger partial charge in [-0.2, -0.15) is 0 Å². The monoisotopic (exact) mass is 340 g/mol. The number of aromatic nitrogens is 1. The molecular weight excluding hydrogens is 324 g/mol. The summed E-state index contributed by atoms with van der Waals surface area (Å²) in [6, 6.07) is 13.5. The van der Waals surface area contributed by atoms with Gasteiger partial charge >= 0.3 is 0 Å². The van der Waals surface area contributed by atoms with Gasteiger partial charge in [0.2, 0.25) is 5.91 Å². The second kappa shape index (κ2) is 6.13. The van der Waals surface area contributed by atoms with E-state index in [2.05, 4.69) is 4.98 Å². The molecule has 0 spiro atoms. The maximum absolute atomic E-state index is 12.6. The van der Waals surface area contributed by atoms with E-state index >= 15 is 0 Å². The molecule has 2 aromatic carbocycles. The predicted molar refractivity (Wildman–Crippen MR) is 94.2 cm³/mol. The quantitative estimate of drug-likeness (QED) is 0.734. The third-order valence-electron chi connectivity index (χ3n) is 3.91. The van der Waals surface area contributed by atoms with Gasteiger partial charge in [-0.3, -0.25) is 9.69 Å². The lowest BCUT2D eigenvalue weighted by Crippen LogP contribution is -2.27. The van der Waals surface area contributed by atoms with Crippen molar-refractivity contribution in [1.82, 2.24) is 4.98 Å². The molecule has 0 bridgehead atoms. The van der Waals surface area contributed by atoms with Crippen LogP contribution in [0.15, 0.2) is 42.5 Å². The van der Waals surface area contributed by atoms with E-state index in [1.807, 2.05) is 42.5 Å². The van der Waals surface area contributed by atoms with Crippen LogP contribution in [0, 0.1) is 0 Å². The Morgan fingerprint density at radius 1 is 1.17 bits per heavy atom. The van der Waals surface area contributed by atoms with Gasteiger partial charge in [-0.25, -0.2) is 4.98 Å². The summed E-state index contributed by atoms with van der Waals surface area (Å²) in [5.41, 5.74) is 1.81. The van der Waals surface area contributed by atoms with Gasteiger partial charge in [0.15, 0.2) is 16.6 Å². The van der Waals surface area contributed by atoms with Gasteiger partial charge in [0.25, 0.3) is 0 Å². The van der Waals surface area contributed by atoms with Crippen molar-refractivity contribution in [3.05, 3.63) is 48.0 Å². The zero-order valence-electron chi connectivity index (χ0n) is 13.2. The average molecular weight is 340 g/mol. The molecule has 0 atom stereocenters. The molecule has 2 heterocycles. The van der Waals surface area contributed by atoms with E-state index < -0.39 is 0 Å². The lowest BCUT2D eigenvalue weighted by atomic mass is 10.1. The summed E-state index contributed by atoms with van der Waals surface area (Å²) in [5, 5.41) is 0.707. The minimum absolute atomic E-state index is 0.00858. The summed E-state index contributed by atoms with van der Waals surface area (Å²) < 4.78 is 12.2. The van der Waals surface area contributed by atoms with Crippen LogP contribution in [0.25, 0.3) is 10.2 Å². The molecule has 4 rings (SSSR count). The number of likely N-dealkylation sites (N-methyl/N-ethyl adjacent to an activating group) is 1. The summed E-state index contributed by atoms with van der Waals surface area (Å²) in [7, 11) is 1.76. The summed E-state index contributed by atoms with van der Waals surface area (Å²) in [4.78, 5) is 18.7. The van der Waals surface area contributed by atoms with Gasteiger partial charge in [-0.05, 0) is 29.8 Å². The van der Waals surface area contributed by atoms with Crippen molar-refractivity contribution in [2.45, 2.75) is 6.42 Å². The van der Waals surface area contributed by atoms with Gasteiger partial charge < -0.3 is 9.47 Å². The van der Waals surface area contributed by atoms with Gasteiger partial charge in [-0.15, -0.1) is 0 Å². The first-order valence-corrected chi connectivity index (χ1v) is 8.53. The Bertz CT molecular complexity index is 873. The number of fused-ring (bicyclic) bond motifs is 2. The number of nitrogens with zero attached hydrogens (tertiary/aromatic N) is 2. The largest absolute Gasteiger partial charge is 0.486 e. The van der Waals surface area contributed by atoms with Crippen molar-refractivity contribution in [1.29, 1.82) is 0 Å². The number of para-hydroxylation sites is 1. The molecule has 0 radical (unpaired) electrons. The van der Waals surface area contributed by atoms with Crippen LogP contribution in [0.5, 0.6) is 11.5 Å². The van der Waals surface area contributed by atoms with Crippen LogP contribution in [0.4, 0.5) is 5.13 Å². The second-order valence-electron chi connectivity index (χ2n) is 5.57. The Kier molecular flexibility index (Phi) is 3.82. The summed E-state index contributed by atoms with van der Waals surface area (Å²) in [6.07, 6.45) is 0.295. The molecule has 0 saturated heterocycles. The highest BCUT2D eigenvalue weighted by Gasteiger charge is 2.18. The summed E-state index contributed by atoms with van der Waals surface area (Å²) in [6.45, 7) is 1.10. The fourth-order valence-electron chi connectivity index (χ4n) is 2.60. The Labute approximate surface area is 143 Å². The smallest absolute Gasteiger partial charge is 0.232 e. The molecule has 0 aliphatic carbocycles. The van der Waals surface area contributed by atoms with Gasteiger partial charge in [0.05, 0.1) is 16.6 Å². The lowest BCUT2D eigenvalue weighted by molar-refractivity contribution is -0.117. The maximum Gasteiger partial charge on any atom is 0.232 e. The number of amides is 1. The molecule has 0 fully saturated rings. The zero-order valence-corrected chi connectivity index (χ0v) is 14.0. The van der Waals surface area contributed by atoms with Crippen molar-refractivity contribution in [2.24, 2.45) is 0 Å². The minimum atomic E-state index is -0.00858. The van der Waals surface area contributed by atoms with Crippen LogP contribution >= 0.6 is 11.3 Å². The van der Waals surface area contributed by atoms with E-state index in [4.69, 9.17) is 9.47 Å². The number of rotatable bonds is 3. The highest BCUT2D eigenvalue weighted by atomic mass is 32.1. The highest BCUT2D eigenvalue weighted by Crippen LogP contribution is 2.32. The summed E-state index contributed by atoms with van der Waals surface area (Å²) >= 11 is 1.52. The average Bonchev–Trinajstić information content (AvgIpc) is 3.05. The van der Waals surface area contributed by atoms with E-state index in [1.54, 1.807) is 11.9 Å². The molecule has 1 aliphatic heterocycles. The van der Waals surface area contributed by atoms with Crippen LogP contribution in [-0.4, -0.2) is 31.2 Å². The number of ether oxygens (including phenoxy) is 2. The molecule has 24 heavy (non-hydrogen) atoms. The maximum atomic E-state index is 12.6. The molecule has 0 N–H and O–H groups in total. The molecule has 1 aromatic heterocycles. The lowest BCUT2D eigenvalue weighted by Gasteiger charge is -2.19. The van der Waals surface area contributed by atoms with Crippen molar-refractivity contribution < 1.29 is 14.3 Å². The number of hydrogen-bond donors (Lipinski definition) is 0. The molecule has 5 nitrogen and oxygen atoms in total. The first-order valence-electron chi connectivity index (χ1n) is 7.71. The van der Waals surface area contributed by atoms with Gasteiger partial charge in [-0.1, -0.05) is 29.5 Å². The molecule has 6 heteroatoms. The van der Waals surface area contributed by atoms with E-state index in [9.17, 15) is 4.79 Å². The number of hydrogen-bond acceptors (Lipinski definition) is 5. The minimum Gasteiger partial charge on any atom is -0.486 e.